The van der Waals surface area contributed by atoms with Crippen molar-refractivity contribution in [1.29, 1.82) is 0 Å². The number of amidine groups is 1. The fourth-order valence-corrected chi connectivity index (χ4v) is 2.90. The number of aliphatic imine (C=N–C) groups is 1. The molecule has 0 unspecified atom stereocenters. The summed E-state index contributed by atoms with van der Waals surface area (Å²) in [6.07, 6.45) is 1.91. The molecule has 0 aliphatic carbocycles. The van der Waals surface area contributed by atoms with E-state index < -0.39 is 0 Å². The molecule has 104 valence electrons. The van der Waals surface area contributed by atoms with Crippen LogP contribution in [0.3, 0.4) is 0 Å². The van der Waals surface area contributed by atoms with Gasteiger partial charge in [0.2, 0.25) is 0 Å². The molecule has 0 aromatic heterocycles. The number of nitrogens with one attached hydrogen (secondary N) is 1. The van der Waals surface area contributed by atoms with Crippen LogP contribution in [0.5, 0.6) is 0 Å². The summed E-state index contributed by atoms with van der Waals surface area (Å²) in [6, 6.07) is 0.110. The minimum absolute atomic E-state index is 0.110. The van der Waals surface area contributed by atoms with Gasteiger partial charge in [0.15, 0.2) is 5.11 Å². The summed E-state index contributed by atoms with van der Waals surface area (Å²) in [4.78, 5) is 9.21. The molecule has 0 bridgehead atoms. The first-order valence-electron chi connectivity index (χ1n) is 6.75. The summed E-state index contributed by atoms with van der Waals surface area (Å²) in [5.41, 5.74) is 2.61. The smallest absolute Gasteiger partial charge is 0.169 e. The molecule has 19 heavy (non-hydrogen) atoms. The van der Waals surface area contributed by atoms with E-state index >= 15 is 0 Å². The summed E-state index contributed by atoms with van der Waals surface area (Å²) in [5, 5.41) is 4.07. The second-order valence-corrected chi connectivity index (χ2v) is 5.28. The van der Waals surface area contributed by atoms with Crippen molar-refractivity contribution in [2.75, 3.05) is 26.2 Å². The number of piperazine rings is 1. The van der Waals surface area contributed by atoms with Crippen LogP contribution in [-0.2, 0) is 0 Å². The van der Waals surface area contributed by atoms with Crippen LogP contribution in [0.4, 0.5) is 0 Å². The molecule has 1 N–H and O–H groups in total. The zero-order chi connectivity index (χ0) is 14.0. The van der Waals surface area contributed by atoms with Gasteiger partial charge in [-0.25, -0.2) is 0 Å². The van der Waals surface area contributed by atoms with Gasteiger partial charge in [0.25, 0.3) is 0 Å². The predicted octanol–water partition coefficient (Wildman–Crippen LogP) is 1.76. The molecule has 5 heteroatoms. The Morgan fingerprint density at radius 2 is 2.26 bits per heavy atom. The van der Waals surface area contributed by atoms with Gasteiger partial charge < -0.3 is 15.1 Å². The number of hydrogen-bond acceptors (Lipinski definition) is 3. The SMILES string of the molecule is C=C[C@@H]1N=C(C)N2CCN(C(=S)NCC)CC2=C1C. The molecule has 0 aromatic carbocycles. The maximum atomic E-state index is 5.42. The Morgan fingerprint density at radius 1 is 1.53 bits per heavy atom. The molecule has 4 nitrogen and oxygen atoms in total. The van der Waals surface area contributed by atoms with Crippen molar-refractivity contribution in [3.63, 3.8) is 0 Å². The standard InChI is InChI=1S/C14H22N4S/c1-5-12-10(3)13-9-17(14(19)15-6-2)7-8-18(13)11(4)16-12/h5,12H,1,6-9H2,2-4H3,(H,15,19)/t12-/m0/s1. The normalized spacial score (nSPS) is 22.9. The van der Waals surface area contributed by atoms with Gasteiger partial charge in [-0.1, -0.05) is 6.08 Å². The topological polar surface area (TPSA) is 30.9 Å². The van der Waals surface area contributed by atoms with E-state index in [-0.39, 0.29) is 6.04 Å². The van der Waals surface area contributed by atoms with Gasteiger partial charge in [-0.15, -0.1) is 6.58 Å². The number of nitrogens with zero attached hydrogens (tertiary/aromatic N) is 3. The molecular formula is C14H22N4S. The van der Waals surface area contributed by atoms with Crippen molar-refractivity contribution in [3.8, 4) is 0 Å². The highest BCUT2D eigenvalue weighted by atomic mass is 32.1. The van der Waals surface area contributed by atoms with E-state index in [9.17, 15) is 0 Å². The van der Waals surface area contributed by atoms with Crippen molar-refractivity contribution in [1.82, 2.24) is 15.1 Å². The zero-order valence-corrected chi connectivity index (χ0v) is 12.8. The van der Waals surface area contributed by atoms with Gasteiger partial charge in [-0.3, -0.25) is 4.99 Å². The molecule has 0 radical (unpaired) electrons. The van der Waals surface area contributed by atoms with Crippen LogP contribution in [0, 0.1) is 0 Å². The molecule has 0 saturated carbocycles. The van der Waals surface area contributed by atoms with E-state index in [0.29, 0.717) is 0 Å². The van der Waals surface area contributed by atoms with Gasteiger partial charge >= 0.3 is 0 Å². The Labute approximate surface area is 120 Å². The van der Waals surface area contributed by atoms with E-state index in [4.69, 9.17) is 12.2 Å². The molecule has 1 fully saturated rings. The average Bonchev–Trinajstić information content (AvgIpc) is 2.42. The first-order chi connectivity index (χ1) is 9.08. The highest BCUT2D eigenvalue weighted by Crippen LogP contribution is 2.26. The largest absolute Gasteiger partial charge is 0.363 e. The molecule has 0 amide bonds. The fraction of sp³-hybridized carbons (Fsp3) is 0.571. The molecule has 0 aromatic rings. The number of fused-ring (bicyclic) bond motifs is 1. The minimum Gasteiger partial charge on any atom is -0.363 e. The van der Waals surface area contributed by atoms with E-state index in [2.05, 4.69) is 47.5 Å². The Balaban J connectivity index is 2.21. The van der Waals surface area contributed by atoms with Crippen molar-refractivity contribution in [3.05, 3.63) is 23.9 Å². The number of hydrogen-bond donors (Lipinski definition) is 1. The van der Waals surface area contributed by atoms with Gasteiger partial charge in [0.1, 0.15) is 5.84 Å². The van der Waals surface area contributed by atoms with Crippen LogP contribution in [0.2, 0.25) is 0 Å². The second-order valence-electron chi connectivity index (χ2n) is 4.90. The van der Waals surface area contributed by atoms with Crippen molar-refractivity contribution in [2.45, 2.75) is 26.8 Å². The molecule has 1 atom stereocenters. The molecule has 2 aliphatic rings. The van der Waals surface area contributed by atoms with Crippen LogP contribution in [0.1, 0.15) is 20.8 Å². The lowest BCUT2D eigenvalue weighted by Gasteiger charge is -2.42. The Bertz CT molecular complexity index is 452. The molecule has 0 spiro atoms. The second kappa shape index (κ2) is 5.74. The summed E-state index contributed by atoms with van der Waals surface area (Å²) >= 11 is 5.42. The van der Waals surface area contributed by atoms with E-state index in [1.807, 2.05) is 6.08 Å². The fourth-order valence-electron chi connectivity index (χ4n) is 2.60. The van der Waals surface area contributed by atoms with Crippen LogP contribution in [-0.4, -0.2) is 53.0 Å². The van der Waals surface area contributed by atoms with E-state index in [1.165, 1.54) is 11.3 Å². The van der Waals surface area contributed by atoms with Gasteiger partial charge in [-0.05, 0) is 38.6 Å². The van der Waals surface area contributed by atoms with Crippen molar-refractivity contribution >= 4 is 23.2 Å². The highest BCUT2D eigenvalue weighted by molar-refractivity contribution is 7.80. The maximum Gasteiger partial charge on any atom is 0.169 e. The molecule has 1 saturated heterocycles. The first-order valence-corrected chi connectivity index (χ1v) is 7.16. The summed E-state index contributed by atoms with van der Waals surface area (Å²) < 4.78 is 0. The van der Waals surface area contributed by atoms with Crippen LogP contribution in [0.15, 0.2) is 28.9 Å². The summed E-state index contributed by atoms with van der Waals surface area (Å²) in [6.45, 7) is 13.8. The van der Waals surface area contributed by atoms with Crippen LogP contribution >= 0.6 is 12.2 Å². The quantitative estimate of drug-likeness (QED) is 0.616. The van der Waals surface area contributed by atoms with E-state index in [1.54, 1.807) is 0 Å². The molecular weight excluding hydrogens is 256 g/mol. The zero-order valence-electron chi connectivity index (χ0n) is 11.9. The Hall–Kier alpha value is -1.36. The molecule has 2 aliphatic heterocycles. The van der Waals surface area contributed by atoms with Crippen LogP contribution < -0.4 is 5.32 Å². The third-order valence-corrected chi connectivity index (χ3v) is 4.12. The first kappa shape index (κ1) is 14.1. The Kier molecular flexibility index (Phi) is 4.24. The van der Waals surface area contributed by atoms with Crippen molar-refractivity contribution < 1.29 is 0 Å². The number of thiocarbonyl (C=S) groups is 1. The lowest BCUT2D eigenvalue weighted by molar-refractivity contribution is 0.299. The third-order valence-electron chi connectivity index (χ3n) is 3.71. The van der Waals surface area contributed by atoms with Crippen molar-refractivity contribution in [2.24, 2.45) is 4.99 Å². The highest BCUT2D eigenvalue weighted by Gasteiger charge is 2.30. The third kappa shape index (κ3) is 2.66. The predicted molar refractivity (Wildman–Crippen MR) is 84.3 cm³/mol. The Morgan fingerprint density at radius 3 is 2.89 bits per heavy atom. The summed E-state index contributed by atoms with van der Waals surface area (Å²) in [5.74, 6) is 1.08. The average molecular weight is 278 g/mol. The van der Waals surface area contributed by atoms with Crippen LogP contribution in [0.25, 0.3) is 0 Å². The van der Waals surface area contributed by atoms with Gasteiger partial charge in [0.05, 0.1) is 12.6 Å². The number of rotatable bonds is 2. The molecule has 2 heterocycles. The maximum absolute atomic E-state index is 5.42. The van der Waals surface area contributed by atoms with E-state index in [0.717, 1.165) is 37.1 Å². The lowest BCUT2D eigenvalue weighted by atomic mass is 10.0. The van der Waals surface area contributed by atoms with Gasteiger partial charge in [0, 0.05) is 25.3 Å². The monoisotopic (exact) mass is 278 g/mol. The molecule has 2 rings (SSSR count). The van der Waals surface area contributed by atoms with Gasteiger partial charge in [-0.2, -0.15) is 0 Å². The minimum atomic E-state index is 0.110. The lowest BCUT2D eigenvalue weighted by Crippen LogP contribution is -2.53. The summed E-state index contributed by atoms with van der Waals surface area (Å²) in [7, 11) is 0.